The first-order chi connectivity index (χ1) is 7.52. The van der Waals surface area contributed by atoms with E-state index in [1.807, 2.05) is 0 Å². The van der Waals surface area contributed by atoms with Gasteiger partial charge in [0.1, 0.15) is 0 Å². The van der Waals surface area contributed by atoms with Crippen LogP contribution in [-0.2, 0) is 10.2 Å². The molecule has 3 nitrogen and oxygen atoms in total. The Morgan fingerprint density at radius 2 is 2.12 bits per heavy atom. The number of aliphatic carboxylic acids is 1. The van der Waals surface area contributed by atoms with Crippen molar-refractivity contribution in [1.82, 2.24) is 0 Å². The molecule has 1 aromatic carbocycles. The van der Waals surface area contributed by atoms with Gasteiger partial charge in [0.15, 0.2) is 11.6 Å². The van der Waals surface area contributed by atoms with Crippen LogP contribution in [-0.4, -0.2) is 22.8 Å². The second-order valence-electron chi connectivity index (χ2n) is 3.99. The molecule has 0 heterocycles. The topological polar surface area (TPSA) is 57.5 Å². The van der Waals surface area contributed by atoms with Crippen LogP contribution in [0.4, 0.5) is 8.78 Å². The molecule has 1 saturated carbocycles. The van der Waals surface area contributed by atoms with Crippen molar-refractivity contribution in [1.29, 1.82) is 0 Å². The average molecular weight is 228 g/mol. The smallest absolute Gasteiger partial charge is 0.314 e. The molecule has 0 spiro atoms. The van der Waals surface area contributed by atoms with Gasteiger partial charge in [0, 0.05) is 12.5 Å². The first kappa shape index (κ1) is 11.0. The van der Waals surface area contributed by atoms with E-state index in [-0.39, 0.29) is 18.6 Å². The van der Waals surface area contributed by atoms with Crippen molar-refractivity contribution in [2.24, 2.45) is 5.92 Å². The van der Waals surface area contributed by atoms with Gasteiger partial charge in [-0.25, -0.2) is 8.78 Å². The Balaban J connectivity index is 2.43. The van der Waals surface area contributed by atoms with Crippen LogP contribution >= 0.6 is 0 Å². The van der Waals surface area contributed by atoms with E-state index in [4.69, 9.17) is 10.2 Å². The highest BCUT2D eigenvalue weighted by Crippen LogP contribution is 2.54. The van der Waals surface area contributed by atoms with Crippen LogP contribution in [0.3, 0.4) is 0 Å². The van der Waals surface area contributed by atoms with E-state index < -0.39 is 28.9 Å². The Bertz CT molecular complexity index is 447. The van der Waals surface area contributed by atoms with Crippen LogP contribution in [0.5, 0.6) is 0 Å². The number of carboxylic acid groups (broad SMARTS) is 1. The number of aliphatic hydroxyl groups is 1. The largest absolute Gasteiger partial charge is 0.481 e. The molecule has 0 amide bonds. The van der Waals surface area contributed by atoms with E-state index in [0.717, 1.165) is 12.1 Å². The second kappa shape index (κ2) is 3.52. The summed E-state index contributed by atoms with van der Waals surface area (Å²) in [6, 6.07) is 3.05. The van der Waals surface area contributed by atoms with Crippen molar-refractivity contribution < 1.29 is 23.8 Å². The average Bonchev–Trinajstić information content (AvgIpc) is 2.98. The summed E-state index contributed by atoms with van der Waals surface area (Å²) in [4.78, 5) is 11.1. The molecular formula is C11H10F2O3. The normalized spacial score (nSPS) is 27.8. The summed E-state index contributed by atoms with van der Waals surface area (Å²) in [6.07, 6.45) is 0.254. The van der Waals surface area contributed by atoms with Gasteiger partial charge in [0.25, 0.3) is 0 Å². The van der Waals surface area contributed by atoms with Crippen LogP contribution in [0.15, 0.2) is 18.2 Å². The fraction of sp³-hybridized carbons (Fsp3) is 0.364. The van der Waals surface area contributed by atoms with Gasteiger partial charge in [-0.15, -0.1) is 0 Å². The van der Waals surface area contributed by atoms with E-state index in [2.05, 4.69) is 0 Å². The molecule has 1 fully saturated rings. The molecule has 0 aliphatic heterocycles. The molecule has 2 atom stereocenters. The summed E-state index contributed by atoms with van der Waals surface area (Å²) in [5.41, 5.74) is -1.04. The van der Waals surface area contributed by atoms with Crippen LogP contribution in [0.1, 0.15) is 12.0 Å². The predicted molar refractivity (Wildman–Crippen MR) is 50.9 cm³/mol. The summed E-state index contributed by atoms with van der Waals surface area (Å²) in [5.74, 6) is -3.61. The van der Waals surface area contributed by atoms with E-state index in [9.17, 15) is 13.6 Å². The third-order valence-corrected chi connectivity index (χ3v) is 3.14. The molecule has 0 aromatic heterocycles. The van der Waals surface area contributed by atoms with E-state index in [1.165, 1.54) is 6.07 Å². The molecule has 2 unspecified atom stereocenters. The minimum Gasteiger partial charge on any atom is -0.481 e. The number of hydrogen-bond acceptors (Lipinski definition) is 2. The Morgan fingerprint density at radius 1 is 1.44 bits per heavy atom. The van der Waals surface area contributed by atoms with Crippen LogP contribution < -0.4 is 0 Å². The van der Waals surface area contributed by atoms with Gasteiger partial charge in [0.05, 0.1) is 5.41 Å². The third kappa shape index (κ3) is 1.39. The number of aliphatic hydroxyl groups excluding tert-OH is 1. The lowest BCUT2D eigenvalue weighted by Crippen LogP contribution is -2.23. The molecule has 0 saturated heterocycles. The minimum atomic E-state index is -1.25. The van der Waals surface area contributed by atoms with Crippen LogP contribution in [0, 0.1) is 17.6 Å². The highest BCUT2D eigenvalue weighted by Gasteiger charge is 2.61. The quantitative estimate of drug-likeness (QED) is 0.819. The molecule has 1 aliphatic rings. The van der Waals surface area contributed by atoms with Gasteiger partial charge < -0.3 is 10.2 Å². The van der Waals surface area contributed by atoms with E-state index in [0.29, 0.717) is 0 Å². The molecule has 16 heavy (non-hydrogen) atoms. The van der Waals surface area contributed by atoms with Crippen molar-refractivity contribution in [2.75, 3.05) is 6.61 Å². The fourth-order valence-electron chi connectivity index (χ4n) is 2.06. The highest BCUT2D eigenvalue weighted by molar-refractivity contribution is 5.85. The van der Waals surface area contributed by atoms with Gasteiger partial charge in [0.2, 0.25) is 0 Å². The maximum Gasteiger partial charge on any atom is 0.314 e. The minimum absolute atomic E-state index is 0.206. The predicted octanol–water partition coefficient (Wildman–Crippen LogP) is 1.30. The number of benzene rings is 1. The molecule has 86 valence electrons. The van der Waals surface area contributed by atoms with Crippen molar-refractivity contribution in [3.63, 3.8) is 0 Å². The highest BCUT2D eigenvalue weighted by atomic mass is 19.2. The summed E-state index contributed by atoms with van der Waals surface area (Å²) < 4.78 is 25.7. The molecule has 0 bridgehead atoms. The Morgan fingerprint density at radius 3 is 2.56 bits per heavy atom. The maximum atomic E-state index is 13.0. The van der Waals surface area contributed by atoms with Gasteiger partial charge in [-0.3, -0.25) is 4.79 Å². The number of carbonyl (C=O) groups is 1. The standard InChI is InChI=1S/C11H10F2O3/c12-8-2-1-6(3-9(8)13)11(10(15)16)4-7(11)5-14/h1-3,7,14H,4-5H2,(H,15,16). The lowest BCUT2D eigenvalue weighted by atomic mass is 9.93. The second-order valence-corrected chi connectivity index (χ2v) is 3.99. The molecule has 2 N–H and O–H groups in total. The lowest BCUT2D eigenvalue weighted by molar-refractivity contribution is -0.140. The van der Waals surface area contributed by atoms with Crippen LogP contribution in [0.2, 0.25) is 0 Å². The Hall–Kier alpha value is -1.49. The Kier molecular flexibility index (Phi) is 2.42. The number of halogens is 2. The molecule has 5 heteroatoms. The molecular weight excluding hydrogens is 218 g/mol. The first-order valence-corrected chi connectivity index (χ1v) is 4.82. The Labute approximate surface area is 90.3 Å². The number of carboxylic acids is 1. The fourth-order valence-corrected chi connectivity index (χ4v) is 2.06. The van der Waals surface area contributed by atoms with Crippen molar-refractivity contribution >= 4 is 5.97 Å². The zero-order chi connectivity index (χ0) is 11.9. The maximum absolute atomic E-state index is 13.0. The summed E-state index contributed by atoms with van der Waals surface area (Å²) in [5, 5.41) is 18.0. The lowest BCUT2D eigenvalue weighted by Gasteiger charge is -2.12. The summed E-state index contributed by atoms with van der Waals surface area (Å²) in [6.45, 7) is -0.273. The van der Waals surface area contributed by atoms with Gasteiger partial charge in [-0.1, -0.05) is 6.07 Å². The van der Waals surface area contributed by atoms with Gasteiger partial charge in [-0.2, -0.15) is 0 Å². The van der Waals surface area contributed by atoms with Crippen molar-refractivity contribution in [3.8, 4) is 0 Å². The van der Waals surface area contributed by atoms with E-state index >= 15 is 0 Å². The zero-order valence-corrected chi connectivity index (χ0v) is 8.28. The molecule has 2 rings (SSSR count). The van der Waals surface area contributed by atoms with Gasteiger partial charge >= 0.3 is 5.97 Å². The molecule has 0 radical (unpaired) electrons. The van der Waals surface area contributed by atoms with Crippen molar-refractivity contribution in [3.05, 3.63) is 35.4 Å². The third-order valence-electron chi connectivity index (χ3n) is 3.14. The first-order valence-electron chi connectivity index (χ1n) is 4.82. The summed E-state index contributed by atoms with van der Waals surface area (Å²) in [7, 11) is 0. The molecule has 1 aliphatic carbocycles. The van der Waals surface area contributed by atoms with Gasteiger partial charge in [-0.05, 0) is 24.1 Å². The molecule has 1 aromatic rings. The monoisotopic (exact) mass is 228 g/mol. The van der Waals surface area contributed by atoms with Crippen molar-refractivity contribution in [2.45, 2.75) is 11.8 Å². The SMILES string of the molecule is O=C(O)C1(c2ccc(F)c(F)c2)CC1CO. The number of rotatable bonds is 3. The van der Waals surface area contributed by atoms with E-state index in [1.54, 1.807) is 0 Å². The van der Waals surface area contributed by atoms with Crippen LogP contribution in [0.25, 0.3) is 0 Å². The zero-order valence-electron chi connectivity index (χ0n) is 8.28. The summed E-state index contributed by atoms with van der Waals surface area (Å²) >= 11 is 0. The number of hydrogen-bond donors (Lipinski definition) is 2.